The Balaban J connectivity index is 1.31. The van der Waals surface area contributed by atoms with Crippen molar-refractivity contribution < 1.29 is 18.8 Å². The van der Waals surface area contributed by atoms with Gasteiger partial charge >= 0.3 is 5.76 Å². The van der Waals surface area contributed by atoms with Gasteiger partial charge in [-0.1, -0.05) is 6.07 Å². The molecule has 1 aliphatic heterocycles. The number of fused-ring (bicyclic) bond motifs is 2. The van der Waals surface area contributed by atoms with Gasteiger partial charge in [-0.15, -0.1) is 0 Å². The lowest BCUT2D eigenvalue weighted by atomic mass is 10.1. The lowest BCUT2D eigenvalue weighted by Gasteiger charge is -2.29. The zero-order valence-electron chi connectivity index (χ0n) is 19.6. The van der Waals surface area contributed by atoms with Crippen LogP contribution in [0.15, 0.2) is 45.7 Å². The third-order valence-electron chi connectivity index (χ3n) is 6.00. The summed E-state index contributed by atoms with van der Waals surface area (Å²) in [5.74, 6) is -1.84. The van der Waals surface area contributed by atoms with Gasteiger partial charge in [-0.2, -0.15) is 5.10 Å². The van der Waals surface area contributed by atoms with Gasteiger partial charge in [0.05, 0.1) is 17.8 Å². The molecule has 5 rings (SSSR count). The van der Waals surface area contributed by atoms with Crippen LogP contribution in [0.5, 0.6) is 0 Å². The van der Waals surface area contributed by atoms with E-state index in [-0.39, 0.29) is 29.9 Å². The number of amides is 3. The number of nitrogens with zero attached hydrogens (tertiary/aromatic N) is 4. The normalized spacial score (nSPS) is 14.4. The van der Waals surface area contributed by atoms with E-state index in [0.29, 0.717) is 29.8 Å². The van der Waals surface area contributed by atoms with Gasteiger partial charge in [-0.25, -0.2) is 14.3 Å². The number of hydrogen-bond donors (Lipinski definition) is 4. The lowest BCUT2D eigenvalue weighted by Crippen LogP contribution is -2.60. The molecule has 0 unspecified atom stereocenters. The molecule has 4 aromatic rings. The van der Waals surface area contributed by atoms with Crippen LogP contribution in [0.4, 0.5) is 0 Å². The molecule has 36 heavy (non-hydrogen) atoms. The molecule has 1 aliphatic rings. The number of oxazole rings is 1. The van der Waals surface area contributed by atoms with Crippen LogP contribution in [0.1, 0.15) is 33.5 Å². The maximum atomic E-state index is 13.0. The van der Waals surface area contributed by atoms with Crippen molar-refractivity contribution in [2.75, 3.05) is 13.1 Å². The molecule has 186 valence electrons. The van der Waals surface area contributed by atoms with Crippen LogP contribution >= 0.6 is 0 Å². The first kappa shape index (κ1) is 23.2. The number of benzene rings is 1. The van der Waals surface area contributed by atoms with Crippen molar-refractivity contribution in [3.63, 3.8) is 0 Å². The van der Waals surface area contributed by atoms with Crippen molar-refractivity contribution in [1.82, 2.24) is 40.4 Å². The Morgan fingerprint density at radius 2 is 2.00 bits per heavy atom. The van der Waals surface area contributed by atoms with E-state index in [1.54, 1.807) is 38.2 Å². The molecule has 13 nitrogen and oxygen atoms in total. The predicted molar refractivity (Wildman–Crippen MR) is 127 cm³/mol. The summed E-state index contributed by atoms with van der Waals surface area (Å²) < 4.78 is 7.81. The van der Waals surface area contributed by atoms with E-state index >= 15 is 0 Å². The molecule has 0 radical (unpaired) electrons. The summed E-state index contributed by atoms with van der Waals surface area (Å²) in [6.07, 6.45) is 1.46. The molecule has 1 atom stereocenters. The minimum absolute atomic E-state index is 0.0163. The number of aromatic nitrogens is 4. The first-order chi connectivity index (χ1) is 17.3. The highest BCUT2D eigenvalue weighted by atomic mass is 16.4. The Labute approximate surface area is 203 Å². The second kappa shape index (κ2) is 9.26. The highest BCUT2D eigenvalue weighted by Crippen LogP contribution is 2.14. The van der Waals surface area contributed by atoms with Gasteiger partial charge < -0.3 is 25.7 Å². The summed E-state index contributed by atoms with van der Waals surface area (Å²) in [6, 6.07) is 7.31. The fraction of sp³-hybridized carbons (Fsp3) is 0.304. The summed E-state index contributed by atoms with van der Waals surface area (Å²) >= 11 is 0. The van der Waals surface area contributed by atoms with E-state index in [9.17, 15) is 19.2 Å². The summed E-state index contributed by atoms with van der Waals surface area (Å²) in [5, 5.41) is 15.4. The number of rotatable bonds is 7. The highest BCUT2D eigenvalue weighted by molar-refractivity contribution is 6.00. The van der Waals surface area contributed by atoms with Crippen LogP contribution in [-0.2, 0) is 18.4 Å². The molecule has 3 aromatic heterocycles. The highest BCUT2D eigenvalue weighted by Gasteiger charge is 2.25. The Morgan fingerprint density at radius 3 is 2.75 bits per heavy atom. The first-order valence-corrected chi connectivity index (χ1v) is 11.3. The van der Waals surface area contributed by atoms with Crippen LogP contribution in [0, 0.1) is 0 Å². The van der Waals surface area contributed by atoms with Gasteiger partial charge in [0.25, 0.3) is 11.8 Å². The number of aryl methyl sites for hydroxylation is 1. The van der Waals surface area contributed by atoms with Gasteiger partial charge in [0, 0.05) is 38.8 Å². The van der Waals surface area contributed by atoms with Crippen molar-refractivity contribution in [3.05, 3.63) is 64.0 Å². The topological polar surface area (TPSA) is 165 Å². The maximum Gasteiger partial charge on any atom is 0.419 e. The van der Waals surface area contributed by atoms with Crippen molar-refractivity contribution in [2.24, 2.45) is 7.05 Å². The predicted octanol–water partition coefficient (Wildman–Crippen LogP) is -0.689. The zero-order valence-corrected chi connectivity index (χ0v) is 19.6. The standard InChI is InChI=1S/C23H24N8O5/c1-12(20(32)28-14-10-24-11-14)27-22(34)17-8-15(29-19-5-6-26-31(17)19)21(33)25-9-13-3-4-18-16(7-13)30(2)23(35)36-18/h3-8,12,14,24H,9-11H2,1-2H3,(H,25,33)(H,27,34)(H,28,32)/t12-/m0/s1. The summed E-state index contributed by atoms with van der Waals surface area (Å²) in [4.78, 5) is 54.2. The molecule has 1 aromatic carbocycles. The minimum atomic E-state index is -0.789. The number of hydrogen-bond acceptors (Lipinski definition) is 8. The van der Waals surface area contributed by atoms with Crippen LogP contribution < -0.4 is 27.0 Å². The molecule has 0 bridgehead atoms. The van der Waals surface area contributed by atoms with Crippen molar-refractivity contribution in [1.29, 1.82) is 0 Å². The lowest BCUT2D eigenvalue weighted by molar-refractivity contribution is -0.123. The van der Waals surface area contributed by atoms with E-state index in [2.05, 4.69) is 31.3 Å². The largest absolute Gasteiger partial charge is 0.419 e. The van der Waals surface area contributed by atoms with Crippen molar-refractivity contribution in [2.45, 2.75) is 25.6 Å². The third-order valence-corrected chi connectivity index (χ3v) is 6.00. The summed E-state index contributed by atoms with van der Waals surface area (Å²) in [5.41, 5.74) is 2.19. The monoisotopic (exact) mass is 492 g/mol. The second-order valence-electron chi connectivity index (χ2n) is 8.60. The molecule has 4 N–H and O–H groups in total. The van der Waals surface area contributed by atoms with E-state index in [1.807, 2.05) is 0 Å². The van der Waals surface area contributed by atoms with Crippen LogP contribution in [0.3, 0.4) is 0 Å². The first-order valence-electron chi connectivity index (χ1n) is 11.3. The summed E-state index contributed by atoms with van der Waals surface area (Å²) in [7, 11) is 1.60. The Bertz CT molecular complexity index is 1550. The van der Waals surface area contributed by atoms with Gasteiger partial charge in [-0.3, -0.25) is 19.0 Å². The summed E-state index contributed by atoms with van der Waals surface area (Å²) in [6.45, 7) is 3.13. The van der Waals surface area contributed by atoms with E-state index in [4.69, 9.17) is 4.42 Å². The molecule has 0 aliphatic carbocycles. The van der Waals surface area contributed by atoms with Crippen LogP contribution in [0.2, 0.25) is 0 Å². The average Bonchev–Trinajstić information content (AvgIpc) is 3.43. The number of carbonyl (C=O) groups is 3. The van der Waals surface area contributed by atoms with E-state index < -0.39 is 23.6 Å². The van der Waals surface area contributed by atoms with Gasteiger partial charge in [-0.05, 0) is 24.6 Å². The third kappa shape index (κ3) is 4.43. The molecular weight excluding hydrogens is 468 g/mol. The Hall–Kier alpha value is -4.52. The molecule has 0 saturated carbocycles. The minimum Gasteiger partial charge on any atom is -0.408 e. The molecular formula is C23H24N8O5. The smallest absolute Gasteiger partial charge is 0.408 e. The fourth-order valence-corrected chi connectivity index (χ4v) is 3.80. The molecule has 4 heterocycles. The van der Waals surface area contributed by atoms with Crippen molar-refractivity contribution in [3.8, 4) is 0 Å². The molecule has 1 saturated heterocycles. The van der Waals surface area contributed by atoms with Gasteiger partial charge in [0.15, 0.2) is 11.2 Å². The average molecular weight is 492 g/mol. The quantitative estimate of drug-likeness (QED) is 0.263. The van der Waals surface area contributed by atoms with Crippen molar-refractivity contribution >= 4 is 34.5 Å². The fourth-order valence-electron chi connectivity index (χ4n) is 3.80. The van der Waals surface area contributed by atoms with Crippen LogP contribution in [-0.4, -0.2) is 62.1 Å². The van der Waals surface area contributed by atoms with Gasteiger partial charge in [0.1, 0.15) is 17.4 Å². The molecule has 3 amide bonds. The zero-order chi connectivity index (χ0) is 25.4. The SMILES string of the molecule is C[C@H](NC(=O)c1cc(C(=O)NCc2ccc3oc(=O)n(C)c3c2)nc2ccnn12)C(=O)NC1CNC1. The van der Waals surface area contributed by atoms with E-state index in [0.717, 1.165) is 5.56 Å². The maximum absolute atomic E-state index is 13.0. The molecule has 13 heteroatoms. The van der Waals surface area contributed by atoms with E-state index in [1.165, 1.54) is 21.3 Å². The van der Waals surface area contributed by atoms with Gasteiger partial charge in [0.2, 0.25) is 5.91 Å². The number of carbonyl (C=O) groups excluding carboxylic acids is 3. The second-order valence-corrected chi connectivity index (χ2v) is 8.60. The van der Waals surface area contributed by atoms with Crippen LogP contribution in [0.25, 0.3) is 16.7 Å². The molecule has 0 spiro atoms. The Kier molecular flexibility index (Phi) is 5.98. The molecule has 1 fully saturated rings. The Morgan fingerprint density at radius 1 is 1.19 bits per heavy atom. The number of nitrogens with one attached hydrogen (secondary N) is 4.